The molecule has 1 unspecified atom stereocenters. The molecule has 0 amide bonds. The first kappa shape index (κ1) is 11.5. The van der Waals surface area contributed by atoms with E-state index in [1.54, 1.807) is 5.56 Å². The highest BCUT2D eigenvalue weighted by Gasteiger charge is 2.21. The molecule has 0 N–H and O–H groups in total. The highest BCUT2D eigenvalue weighted by Crippen LogP contribution is 2.32. The standard InChI is InChI=1S/C15H23N/c1-5-16-12(4)6-7-14-10-13(11(2)3)8-9-15(14)16/h8-12H,5-7H2,1-4H3. The number of anilines is 1. The SMILES string of the molecule is CCN1c2ccc(C(C)C)cc2CCC1C. The molecule has 1 heteroatoms. The van der Waals surface area contributed by atoms with E-state index in [-0.39, 0.29) is 0 Å². The van der Waals surface area contributed by atoms with E-state index in [1.807, 2.05) is 0 Å². The Hall–Kier alpha value is -0.980. The Morgan fingerprint density at radius 1 is 1.38 bits per heavy atom. The molecule has 2 rings (SSSR count). The zero-order chi connectivity index (χ0) is 11.7. The second-order valence-electron chi connectivity index (χ2n) is 5.22. The second kappa shape index (κ2) is 4.48. The van der Waals surface area contributed by atoms with E-state index in [0.717, 1.165) is 6.54 Å². The zero-order valence-corrected chi connectivity index (χ0v) is 11.0. The number of nitrogens with zero attached hydrogens (tertiary/aromatic N) is 1. The van der Waals surface area contributed by atoms with Crippen molar-refractivity contribution in [1.82, 2.24) is 0 Å². The van der Waals surface area contributed by atoms with Crippen molar-refractivity contribution < 1.29 is 0 Å². The quantitative estimate of drug-likeness (QED) is 0.724. The van der Waals surface area contributed by atoms with E-state index >= 15 is 0 Å². The largest absolute Gasteiger partial charge is 0.369 e. The monoisotopic (exact) mass is 217 g/mol. The van der Waals surface area contributed by atoms with Gasteiger partial charge in [0.1, 0.15) is 0 Å². The third-order valence-corrected chi connectivity index (χ3v) is 3.78. The molecule has 0 saturated heterocycles. The van der Waals surface area contributed by atoms with Crippen molar-refractivity contribution in [3.63, 3.8) is 0 Å². The highest BCUT2D eigenvalue weighted by molar-refractivity contribution is 5.57. The smallest absolute Gasteiger partial charge is 0.0401 e. The lowest BCUT2D eigenvalue weighted by molar-refractivity contribution is 0.572. The number of benzene rings is 1. The Bertz CT molecular complexity index is 368. The lowest BCUT2D eigenvalue weighted by Gasteiger charge is -2.36. The number of hydrogen-bond donors (Lipinski definition) is 0. The van der Waals surface area contributed by atoms with Gasteiger partial charge in [-0.05, 0) is 49.8 Å². The number of rotatable bonds is 2. The lowest BCUT2D eigenvalue weighted by atomic mass is 9.92. The Morgan fingerprint density at radius 3 is 2.75 bits per heavy atom. The molecule has 0 spiro atoms. The first-order valence-corrected chi connectivity index (χ1v) is 6.53. The van der Waals surface area contributed by atoms with Gasteiger partial charge in [-0.3, -0.25) is 0 Å². The third-order valence-electron chi connectivity index (χ3n) is 3.78. The van der Waals surface area contributed by atoms with Crippen LogP contribution in [0.3, 0.4) is 0 Å². The minimum atomic E-state index is 0.639. The Morgan fingerprint density at radius 2 is 2.12 bits per heavy atom. The van der Waals surface area contributed by atoms with Gasteiger partial charge in [-0.1, -0.05) is 26.0 Å². The summed E-state index contributed by atoms with van der Waals surface area (Å²) in [5.41, 5.74) is 4.49. The van der Waals surface area contributed by atoms with E-state index in [1.165, 1.54) is 24.1 Å². The molecular weight excluding hydrogens is 194 g/mol. The van der Waals surface area contributed by atoms with Crippen LogP contribution in [-0.4, -0.2) is 12.6 Å². The molecule has 0 aliphatic carbocycles. The summed E-state index contributed by atoms with van der Waals surface area (Å²) >= 11 is 0. The fourth-order valence-corrected chi connectivity index (χ4v) is 2.68. The van der Waals surface area contributed by atoms with Gasteiger partial charge in [0.15, 0.2) is 0 Å². The van der Waals surface area contributed by atoms with Crippen LogP contribution in [0.15, 0.2) is 18.2 Å². The third kappa shape index (κ3) is 1.95. The fraction of sp³-hybridized carbons (Fsp3) is 0.600. The van der Waals surface area contributed by atoms with Crippen molar-refractivity contribution in [2.24, 2.45) is 0 Å². The molecule has 88 valence electrons. The summed E-state index contributed by atoms with van der Waals surface area (Å²) in [6.45, 7) is 10.2. The molecule has 1 aliphatic heterocycles. The van der Waals surface area contributed by atoms with E-state index in [4.69, 9.17) is 0 Å². The van der Waals surface area contributed by atoms with Gasteiger partial charge in [-0.15, -0.1) is 0 Å². The minimum Gasteiger partial charge on any atom is -0.369 e. The van der Waals surface area contributed by atoms with Crippen LogP contribution in [0.1, 0.15) is 51.2 Å². The summed E-state index contributed by atoms with van der Waals surface area (Å²) in [5, 5.41) is 0. The summed E-state index contributed by atoms with van der Waals surface area (Å²) in [4.78, 5) is 2.53. The maximum absolute atomic E-state index is 2.53. The van der Waals surface area contributed by atoms with Crippen molar-refractivity contribution in [2.45, 2.75) is 52.5 Å². The molecule has 0 fully saturated rings. The minimum absolute atomic E-state index is 0.639. The molecule has 0 aromatic heterocycles. The van der Waals surface area contributed by atoms with Gasteiger partial charge in [0.05, 0.1) is 0 Å². The summed E-state index contributed by atoms with van der Waals surface area (Å²) < 4.78 is 0. The molecule has 0 radical (unpaired) electrons. The van der Waals surface area contributed by atoms with E-state index in [0.29, 0.717) is 12.0 Å². The van der Waals surface area contributed by atoms with Crippen LogP contribution in [-0.2, 0) is 6.42 Å². The summed E-state index contributed by atoms with van der Waals surface area (Å²) in [6.07, 6.45) is 2.54. The summed E-state index contributed by atoms with van der Waals surface area (Å²) in [6, 6.07) is 7.73. The normalized spacial score (nSPS) is 20.1. The molecule has 1 aromatic rings. The Balaban J connectivity index is 2.38. The van der Waals surface area contributed by atoms with Crippen LogP contribution in [0, 0.1) is 0 Å². The van der Waals surface area contributed by atoms with Crippen molar-refractivity contribution in [2.75, 3.05) is 11.4 Å². The topological polar surface area (TPSA) is 3.24 Å². The van der Waals surface area contributed by atoms with Crippen molar-refractivity contribution in [1.29, 1.82) is 0 Å². The van der Waals surface area contributed by atoms with Gasteiger partial charge in [0.2, 0.25) is 0 Å². The average Bonchev–Trinajstić information content (AvgIpc) is 2.28. The van der Waals surface area contributed by atoms with Crippen molar-refractivity contribution in [3.05, 3.63) is 29.3 Å². The summed E-state index contributed by atoms with van der Waals surface area (Å²) in [7, 11) is 0. The van der Waals surface area contributed by atoms with E-state index in [9.17, 15) is 0 Å². The summed E-state index contributed by atoms with van der Waals surface area (Å²) in [5.74, 6) is 0.639. The highest BCUT2D eigenvalue weighted by atomic mass is 15.2. The molecular formula is C15H23N. The Labute approximate surface area is 99.5 Å². The number of aryl methyl sites for hydroxylation is 1. The molecule has 1 atom stereocenters. The van der Waals surface area contributed by atoms with Crippen molar-refractivity contribution >= 4 is 5.69 Å². The second-order valence-corrected chi connectivity index (χ2v) is 5.22. The predicted octanol–water partition coefficient (Wildman–Crippen LogP) is 3.97. The molecule has 1 nitrogen and oxygen atoms in total. The maximum atomic E-state index is 2.53. The first-order valence-electron chi connectivity index (χ1n) is 6.53. The van der Waals surface area contributed by atoms with Crippen LogP contribution < -0.4 is 4.90 Å². The number of hydrogen-bond acceptors (Lipinski definition) is 1. The van der Waals surface area contributed by atoms with Gasteiger partial charge in [-0.2, -0.15) is 0 Å². The molecule has 0 saturated carbocycles. The fourth-order valence-electron chi connectivity index (χ4n) is 2.68. The van der Waals surface area contributed by atoms with Crippen LogP contribution in [0.2, 0.25) is 0 Å². The van der Waals surface area contributed by atoms with Gasteiger partial charge in [0.25, 0.3) is 0 Å². The molecule has 16 heavy (non-hydrogen) atoms. The van der Waals surface area contributed by atoms with E-state index in [2.05, 4.69) is 50.8 Å². The maximum Gasteiger partial charge on any atom is 0.0401 e. The first-order chi connectivity index (χ1) is 7.63. The van der Waals surface area contributed by atoms with Gasteiger partial charge in [-0.25, -0.2) is 0 Å². The molecule has 1 aliphatic rings. The van der Waals surface area contributed by atoms with Crippen molar-refractivity contribution in [3.8, 4) is 0 Å². The number of fused-ring (bicyclic) bond motifs is 1. The van der Waals surface area contributed by atoms with Crippen LogP contribution in [0.5, 0.6) is 0 Å². The van der Waals surface area contributed by atoms with Gasteiger partial charge >= 0.3 is 0 Å². The van der Waals surface area contributed by atoms with Crippen LogP contribution in [0.25, 0.3) is 0 Å². The molecule has 1 aromatic carbocycles. The average molecular weight is 217 g/mol. The van der Waals surface area contributed by atoms with Gasteiger partial charge < -0.3 is 4.90 Å². The molecule has 0 bridgehead atoms. The van der Waals surface area contributed by atoms with Gasteiger partial charge in [0, 0.05) is 18.3 Å². The van der Waals surface area contributed by atoms with E-state index < -0.39 is 0 Å². The Kier molecular flexibility index (Phi) is 3.22. The molecule has 1 heterocycles. The zero-order valence-electron chi connectivity index (χ0n) is 11.0. The predicted molar refractivity (Wildman–Crippen MR) is 71.3 cm³/mol. The lowest BCUT2D eigenvalue weighted by Crippen LogP contribution is -2.37. The van der Waals surface area contributed by atoms with Crippen LogP contribution >= 0.6 is 0 Å². The van der Waals surface area contributed by atoms with Crippen LogP contribution in [0.4, 0.5) is 5.69 Å².